The number of benzene rings is 2. The van der Waals surface area contributed by atoms with Crippen molar-refractivity contribution >= 4 is 29.6 Å². The molecule has 0 aliphatic carbocycles. The van der Waals surface area contributed by atoms with Crippen LogP contribution in [0.5, 0.6) is 5.75 Å². The summed E-state index contributed by atoms with van der Waals surface area (Å²) < 4.78 is 0. The number of aromatic hydroxyl groups is 1. The smallest absolute Gasteiger partial charge is 0.329 e. The van der Waals surface area contributed by atoms with Crippen LogP contribution >= 0.6 is 0 Å². The standard InChI is InChI=1S/C19H17N3O4/c1-12-2-6-14(7-3-12)20-17(24)11-22-18(25)16(21-19(22)26)10-13-4-8-15(23)9-5-13/h2-10,23H,11H2,1H3,(H,20,24)(H,21,26). The molecule has 1 aliphatic heterocycles. The minimum atomic E-state index is -0.654. The normalized spacial score (nSPS) is 15.3. The second-order valence-electron chi connectivity index (χ2n) is 5.89. The molecule has 0 spiro atoms. The van der Waals surface area contributed by atoms with Crippen molar-refractivity contribution in [1.29, 1.82) is 0 Å². The van der Waals surface area contributed by atoms with Crippen LogP contribution in [0, 0.1) is 6.92 Å². The zero-order valence-corrected chi connectivity index (χ0v) is 14.0. The minimum Gasteiger partial charge on any atom is -0.508 e. The van der Waals surface area contributed by atoms with Gasteiger partial charge in [0, 0.05) is 5.69 Å². The van der Waals surface area contributed by atoms with Crippen molar-refractivity contribution < 1.29 is 19.5 Å². The van der Waals surface area contributed by atoms with E-state index < -0.39 is 17.8 Å². The molecule has 2 aromatic rings. The average molecular weight is 351 g/mol. The predicted molar refractivity (Wildman–Crippen MR) is 96.1 cm³/mol. The van der Waals surface area contributed by atoms with Crippen molar-refractivity contribution in [3.63, 3.8) is 0 Å². The van der Waals surface area contributed by atoms with E-state index >= 15 is 0 Å². The number of rotatable bonds is 4. The van der Waals surface area contributed by atoms with E-state index in [4.69, 9.17) is 0 Å². The number of hydrogen-bond donors (Lipinski definition) is 3. The first-order valence-corrected chi connectivity index (χ1v) is 7.92. The lowest BCUT2D eigenvalue weighted by molar-refractivity contribution is -0.127. The second kappa shape index (κ2) is 7.10. The number of carbonyl (C=O) groups excluding carboxylic acids is 3. The van der Waals surface area contributed by atoms with Gasteiger partial charge >= 0.3 is 6.03 Å². The van der Waals surface area contributed by atoms with Crippen molar-refractivity contribution in [3.05, 3.63) is 65.4 Å². The SMILES string of the molecule is Cc1ccc(NC(=O)CN2C(=O)NC(=Cc3ccc(O)cc3)C2=O)cc1. The molecule has 4 amide bonds. The second-order valence-corrected chi connectivity index (χ2v) is 5.89. The number of anilines is 1. The Morgan fingerprint density at radius 2 is 1.77 bits per heavy atom. The largest absolute Gasteiger partial charge is 0.508 e. The van der Waals surface area contributed by atoms with Gasteiger partial charge in [-0.3, -0.25) is 9.59 Å². The molecule has 3 N–H and O–H groups in total. The lowest BCUT2D eigenvalue weighted by Gasteiger charge is -2.12. The Morgan fingerprint density at radius 1 is 1.12 bits per heavy atom. The monoisotopic (exact) mass is 351 g/mol. The molecule has 3 rings (SSSR count). The van der Waals surface area contributed by atoms with Crippen LogP contribution < -0.4 is 10.6 Å². The molecule has 1 heterocycles. The van der Waals surface area contributed by atoms with Crippen molar-refractivity contribution in [1.82, 2.24) is 10.2 Å². The van der Waals surface area contributed by atoms with Crippen LogP contribution in [0.1, 0.15) is 11.1 Å². The first kappa shape index (κ1) is 17.2. The predicted octanol–water partition coefficient (Wildman–Crippen LogP) is 2.23. The van der Waals surface area contributed by atoms with Crippen molar-refractivity contribution in [3.8, 4) is 5.75 Å². The van der Waals surface area contributed by atoms with Gasteiger partial charge in [-0.15, -0.1) is 0 Å². The number of hydrogen-bond acceptors (Lipinski definition) is 4. The van der Waals surface area contributed by atoms with E-state index in [2.05, 4.69) is 10.6 Å². The molecular formula is C19H17N3O4. The number of nitrogens with one attached hydrogen (secondary N) is 2. The number of imide groups is 1. The third-order valence-electron chi connectivity index (χ3n) is 3.80. The number of nitrogens with zero attached hydrogens (tertiary/aromatic N) is 1. The molecule has 0 aromatic heterocycles. The fourth-order valence-corrected chi connectivity index (χ4v) is 2.43. The molecule has 1 fully saturated rings. The van der Waals surface area contributed by atoms with Crippen molar-refractivity contribution in [2.75, 3.05) is 11.9 Å². The molecule has 7 heteroatoms. The quantitative estimate of drug-likeness (QED) is 0.581. The number of aryl methyl sites for hydroxylation is 1. The van der Waals surface area contributed by atoms with Crippen molar-refractivity contribution in [2.45, 2.75) is 6.92 Å². The van der Waals surface area contributed by atoms with Gasteiger partial charge in [-0.2, -0.15) is 0 Å². The maximum Gasteiger partial charge on any atom is 0.329 e. The van der Waals surface area contributed by atoms with Crippen molar-refractivity contribution in [2.24, 2.45) is 0 Å². The molecule has 0 atom stereocenters. The Morgan fingerprint density at radius 3 is 2.42 bits per heavy atom. The lowest BCUT2D eigenvalue weighted by atomic mass is 10.2. The highest BCUT2D eigenvalue weighted by Gasteiger charge is 2.34. The summed E-state index contributed by atoms with van der Waals surface area (Å²) in [4.78, 5) is 37.3. The molecule has 132 valence electrons. The van der Waals surface area contributed by atoms with Crippen LogP contribution in [0.25, 0.3) is 6.08 Å². The molecular weight excluding hydrogens is 334 g/mol. The summed E-state index contributed by atoms with van der Waals surface area (Å²) in [5, 5.41) is 14.4. The summed E-state index contributed by atoms with van der Waals surface area (Å²) in [6, 6.07) is 12.7. The average Bonchev–Trinajstić information content (AvgIpc) is 2.86. The number of carbonyl (C=O) groups is 3. The summed E-state index contributed by atoms with van der Waals surface area (Å²) >= 11 is 0. The zero-order chi connectivity index (χ0) is 18.7. The van der Waals surface area contributed by atoms with E-state index in [9.17, 15) is 19.5 Å². The molecule has 0 saturated carbocycles. The van der Waals surface area contributed by atoms with E-state index in [-0.39, 0.29) is 18.0 Å². The number of phenols is 1. The van der Waals surface area contributed by atoms with Gasteiger partial charge in [0.15, 0.2) is 0 Å². The van der Waals surface area contributed by atoms with Crippen LogP contribution in [-0.4, -0.2) is 34.4 Å². The lowest BCUT2D eigenvalue weighted by Crippen LogP contribution is -2.38. The third-order valence-corrected chi connectivity index (χ3v) is 3.80. The van der Waals surface area contributed by atoms with Crippen LogP contribution in [0.4, 0.5) is 10.5 Å². The Balaban J connectivity index is 1.67. The van der Waals surface area contributed by atoms with Crippen LogP contribution in [0.2, 0.25) is 0 Å². The molecule has 26 heavy (non-hydrogen) atoms. The molecule has 1 aliphatic rings. The number of urea groups is 1. The van der Waals surface area contributed by atoms with E-state index in [0.29, 0.717) is 11.3 Å². The maximum absolute atomic E-state index is 12.4. The van der Waals surface area contributed by atoms with Gasteiger partial charge in [0.25, 0.3) is 5.91 Å². The Kier molecular flexibility index (Phi) is 4.70. The van der Waals surface area contributed by atoms with E-state index in [1.54, 1.807) is 24.3 Å². The first-order chi connectivity index (χ1) is 12.4. The summed E-state index contributed by atoms with van der Waals surface area (Å²) in [6.45, 7) is 1.55. The third kappa shape index (κ3) is 3.89. The fourth-order valence-electron chi connectivity index (χ4n) is 2.43. The minimum absolute atomic E-state index is 0.0730. The topological polar surface area (TPSA) is 98.7 Å². The van der Waals surface area contributed by atoms with Gasteiger partial charge in [-0.1, -0.05) is 29.8 Å². The van der Waals surface area contributed by atoms with E-state index in [1.165, 1.54) is 18.2 Å². The van der Waals surface area contributed by atoms with E-state index in [0.717, 1.165) is 10.5 Å². The molecule has 0 bridgehead atoms. The maximum atomic E-state index is 12.4. The van der Waals surface area contributed by atoms with Gasteiger partial charge in [0.2, 0.25) is 5.91 Å². The van der Waals surface area contributed by atoms with Crippen LogP contribution in [0.3, 0.4) is 0 Å². The molecule has 2 aromatic carbocycles. The van der Waals surface area contributed by atoms with Gasteiger partial charge in [0.1, 0.15) is 18.0 Å². The van der Waals surface area contributed by atoms with Gasteiger partial charge in [-0.25, -0.2) is 9.69 Å². The molecule has 0 unspecified atom stereocenters. The Bertz CT molecular complexity index is 886. The van der Waals surface area contributed by atoms with Crippen LogP contribution in [-0.2, 0) is 9.59 Å². The fraction of sp³-hybridized carbons (Fsp3) is 0.105. The summed E-state index contributed by atoms with van der Waals surface area (Å²) in [5.74, 6) is -0.950. The molecule has 7 nitrogen and oxygen atoms in total. The highest BCUT2D eigenvalue weighted by molar-refractivity contribution is 6.15. The molecule has 0 radical (unpaired) electrons. The Labute approximate surface area is 149 Å². The Hall–Kier alpha value is -3.61. The van der Waals surface area contributed by atoms with Gasteiger partial charge < -0.3 is 15.7 Å². The molecule has 1 saturated heterocycles. The number of phenolic OH excluding ortho intramolecular Hbond substituents is 1. The van der Waals surface area contributed by atoms with Gasteiger partial charge in [0.05, 0.1) is 0 Å². The summed E-state index contributed by atoms with van der Waals surface area (Å²) in [7, 11) is 0. The van der Waals surface area contributed by atoms with Crippen LogP contribution in [0.15, 0.2) is 54.2 Å². The summed E-state index contributed by atoms with van der Waals surface area (Å²) in [5.41, 5.74) is 2.36. The number of amides is 4. The zero-order valence-electron chi connectivity index (χ0n) is 14.0. The first-order valence-electron chi connectivity index (χ1n) is 7.92. The highest BCUT2D eigenvalue weighted by atomic mass is 16.3. The summed E-state index contributed by atoms with van der Waals surface area (Å²) in [6.07, 6.45) is 1.48. The highest BCUT2D eigenvalue weighted by Crippen LogP contribution is 2.16. The van der Waals surface area contributed by atoms with Gasteiger partial charge in [-0.05, 0) is 42.8 Å². The van der Waals surface area contributed by atoms with E-state index in [1.807, 2.05) is 19.1 Å².